The number of hydrogen-bond acceptors (Lipinski definition) is 5. The highest BCUT2D eigenvalue weighted by Crippen LogP contribution is 2.73. The summed E-state index contributed by atoms with van der Waals surface area (Å²) in [5.41, 5.74) is -0.203. The summed E-state index contributed by atoms with van der Waals surface area (Å²) < 4.78 is 12.2. The molecular weight excluding hydrogens is 420 g/mol. The molecule has 4 saturated carbocycles. The zero-order valence-corrected chi connectivity index (χ0v) is 20.6. The number of allylic oxidation sites excluding steroid dienone is 1. The number of carboxylic acid groups (broad SMARTS) is 1. The van der Waals surface area contributed by atoms with Gasteiger partial charge in [0.2, 0.25) is 0 Å². The van der Waals surface area contributed by atoms with Gasteiger partial charge in [0.25, 0.3) is 0 Å². The average Bonchev–Trinajstić information content (AvgIpc) is 2.95. The van der Waals surface area contributed by atoms with Crippen molar-refractivity contribution in [1.29, 1.82) is 0 Å². The minimum atomic E-state index is -0.868. The standard InChI is InChI=1S/C27H38O6/c1-7-15(2)23(29)33-22-16(3)18-9-10-19-25(5)11-8-12-26(6,24(30)31)20(25)13-21(32-17(4)28)27(19,22)14-18/h7,18-22H,3,8-14H2,1-2,4-6H3,(H,30,31)/b15-7+/t18-,19+,20+,21+,22-,25+,26-,27-/m1/s1. The molecule has 4 fully saturated rings. The Labute approximate surface area is 196 Å². The van der Waals surface area contributed by atoms with Crippen molar-refractivity contribution in [2.24, 2.45) is 34.0 Å². The number of hydrogen-bond donors (Lipinski definition) is 1. The molecule has 0 aromatic carbocycles. The summed E-state index contributed by atoms with van der Waals surface area (Å²) in [5, 5.41) is 10.2. The van der Waals surface area contributed by atoms with Gasteiger partial charge in [-0.25, -0.2) is 4.79 Å². The summed E-state index contributed by atoms with van der Waals surface area (Å²) in [4.78, 5) is 37.7. The van der Waals surface area contributed by atoms with E-state index in [9.17, 15) is 19.5 Å². The maximum absolute atomic E-state index is 12.9. The van der Waals surface area contributed by atoms with Gasteiger partial charge in [-0.2, -0.15) is 0 Å². The topological polar surface area (TPSA) is 89.9 Å². The molecule has 6 heteroatoms. The van der Waals surface area contributed by atoms with E-state index < -0.39 is 29.0 Å². The number of rotatable bonds is 4. The van der Waals surface area contributed by atoms with E-state index in [0.717, 1.165) is 37.7 Å². The molecule has 0 aromatic heterocycles. The van der Waals surface area contributed by atoms with Crippen LogP contribution in [0.15, 0.2) is 23.8 Å². The van der Waals surface area contributed by atoms with Crippen molar-refractivity contribution in [2.75, 3.05) is 0 Å². The average molecular weight is 459 g/mol. The molecule has 4 aliphatic carbocycles. The molecule has 1 N–H and O–H groups in total. The molecular formula is C27H38O6. The van der Waals surface area contributed by atoms with Gasteiger partial charge in [0.15, 0.2) is 0 Å². The normalized spacial score (nSPS) is 44.5. The zero-order valence-electron chi connectivity index (χ0n) is 20.6. The van der Waals surface area contributed by atoms with Crippen LogP contribution in [-0.4, -0.2) is 35.2 Å². The Bertz CT molecular complexity index is 920. The summed E-state index contributed by atoms with van der Waals surface area (Å²) in [7, 11) is 0. The molecule has 4 aliphatic rings. The van der Waals surface area contributed by atoms with Crippen LogP contribution in [0.1, 0.15) is 79.6 Å². The molecule has 0 aromatic rings. The van der Waals surface area contributed by atoms with Crippen LogP contribution in [0.4, 0.5) is 0 Å². The second-order valence-electron chi connectivity index (χ2n) is 11.4. The van der Waals surface area contributed by atoms with Crippen molar-refractivity contribution >= 4 is 17.9 Å². The van der Waals surface area contributed by atoms with Gasteiger partial charge in [0.1, 0.15) is 12.2 Å². The minimum absolute atomic E-state index is 0.0892. The van der Waals surface area contributed by atoms with Crippen molar-refractivity contribution < 1.29 is 29.0 Å². The van der Waals surface area contributed by atoms with Gasteiger partial charge in [0.05, 0.1) is 10.8 Å². The van der Waals surface area contributed by atoms with Crippen LogP contribution >= 0.6 is 0 Å². The van der Waals surface area contributed by atoms with E-state index in [1.54, 1.807) is 13.0 Å². The molecule has 2 bridgehead atoms. The molecule has 182 valence electrons. The first kappa shape index (κ1) is 24.0. The predicted molar refractivity (Wildman–Crippen MR) is 123 cm³/mol. The monoisotopic (exact) mass is 458 g/mol. The maximum atomic E-state index is 12.9. The van der Waals surface area contributed by atoms with Crippen LogP contribution < -0.4 is 0 Å². The van der Waals surface area contributed by atoms with Crippen LogP contribution in [0.3, 0.4) is 0 Å². The molecule has 0 aliphatic heterocycles. The van der Waals surface area contributed by atoms with Gasteiger partial charge >= 0.3 is 17.9 Å². The number of carbonyl (C=O) groups excluding carboxylic acids is 2. The SMILES string of the molecule is C=C1[C@@H]2CC[C@H]3[C@]4(C)CCC[C@@](C)(C(=O)O)[C@H]4C[C@H](OC(C)=O)[C@]3(C2)[C@@H]1OC(=O)/C(C)=C/C. The fourth-order valence-corrected chi connectivity index (χ4v) is 8.35. The summed E-state index contributed by atoms with van der Waals surface area (Å²) in [6.07, 6.45) is 6.23. The molecule has 8 atom stereocenters. The Morgan fingerprint density at radius 1 is 1.09 bits per heavy atom. The largest absolute Gasteiger partial charge is 0.481 e. The maximum Gasteiger partial charge on any atom is 0.333 e. The molecule has 0 radical (unpaired) electrons. The summed E-state index contributed by atoms with van der Waals surface area (Å²) >= 11 is 0. The van der Waals surface area contributed by atoms with Crippen molar-refractivity contribution in [3.63, 3.8) is 0 Å². The molecule has 6 nitrogen and oxygen atoms in total. The Morgan fingerprint density at radius 3 is 2.39 bits per heavy atom. The first-order valence-electron chi connectivity index (χ1n) is 12.3. The first-order valence-corrected chi connectivity index (χ1v) is 12.3. The van der Waals surface area contributed by atoms with E-state index in [0.29, 0.717) is 18.4 Å². The third-order valence-electron chi connectivity index (χ3n) is 10.0. The molecule has 1 spiro atoms. The second kappa shape index (κ2) is 7.99. The van der Waals surface area contributed by atoms with Gasteiger partial charge in [-0.05, 0) is 88.0 Å². The Kier molecular flexibility index (Phi) is 5.82. The number of esters is 2. The summed E-state index contributed by atoms with van der Waals surface area (Å²) in [6.45, 7) is 13.4. The number of ether oxygens (including phenoxy) is 2. The van der Waals surface area contributed by atoms with Crippen LogP contribution in [0.2, 0.25) is 0 Å². The van der Waals surface area contributed by atoms with Crippen LogP contribution in [0.25, 0.3) is 0 Å². The van der Waals surface area contributed by atoms with Crippen molar-refractivity contribution in [1.82, 2.24) is 0 Å². The van der Waals surface area contributed by atoms with Gasteiger partial charge < -0.3 is 14.6 Å². The number of carbonyl (C=O) groups is 3. The van der Waals surface area contributed by atoms with Gasteiger partial charge in [-0.15, -0.1) is 0 Å². The van der Waals surface area contributed by atoms with Crippen molar-refractivity contribution in [2.45, 2.75) is 91.8 Å². The summed E-state index contributed by atoms with van der Waals surface area (Å²) in [6, 6.07) is 0. The van der Waals surface area contributed by atoms with E-state index in [2.05, 4.69) is 13.5 Å². The smallest absolute Gasteiger partial charge is 0.333 e. The molecule has 33 heavy (non-hydrogen) atoms. The molecule has 0 saturated heterocycles. The molecule has 0 heterocycles. The highest BCUT2D eigenvalue weighted by Gasteiger charge is 2.73. The lowest BCUT2D eigenvalue weighted by Gasteiger charge is -2.65. The van der Waals surface area contributed by atoms with E-state index in [1.165, 1.54) is 6.92 Å². The number of aliphatic carboxylic acids is 1. The van der Waals surface area contributed by atoms with Gasteiger partial charge in [-0.3, -0.25) is 9.59 Å². The fourth-order valence-electron chi connectivity index (χ4n) is 8.35. The van der Waals surface area contributed by atoms with Crippen LogP contribution in [0.5, 0.6) is 0 Å². The third kappa shape index (κ3) is 3.30. The third-order valence-corrected chi connectivity index (χ3v) is 10.0. The first-order chi connectivity index (χ1) is 15.4. The Balaban J connectivity index is 1.85. The lowest BCUT2D eigenvalue weighted by Crippen LogP contribution is -2.66. The highest BCUT2D eigenvalue weighted by molar-refractivity contribution is 5.88. The minimum Gasteiger partial charge on any atom is -0.481 e. The van der Waals surface area contributed by atoms with E-state index >= 15 is 0 Å². The quantitative estimate of drug-likeness (QED) is 0.359. The van der Waals surface area contributed by atoms with Gasteiger partial charge in [-0.1, -0.05) is 26.0 Å². The van der Waals surface area contributed by atoms with E-state index in [1.807, 2.05) is 13.8 Å². The molecule has 0 unspecified atom stereocenters. The highest BCUT2D eigenvalue weighted by atomic mass is 16.6. The molecule has 0 amide bonds. The number of fused-ring (bicyclic) bond motifs is 3. The van der Waals surface area contributed by atoms with Crippen LogP contribution in [-0.2, 0) is 23.9 Å². The lowest BCUT2D eigenvalue weighted by molar-refractivity contribution is -0.236. The Morgan fingerprint density at radius 2 is 1.79 bits per heavy atom. The predicted octanol–water partition coefficient (Wildman–Crippen LogP) is 5.07. The summed E-state index contributed by atoms with van der Waals surface area (Å²) in [5.74, 6) is -1.32. The number of carboxylic acids is 1. The molecule has 4 rings (SSSR count). The Hall–Kier alpha value is -2.11. The van der Waals surface area contributed by atoms with Gasteiger partial charge in [0, 0.05) is 12.5 Å². The lowest BCUT2D eigenvalue weighted by atomic mass is 9.40. The van der Waals surface area contributed by atoms with E-state index in [4.69, 9.17) is 9.47 Å². The van der Waals surface area contributed by atoms with Crippen molar-refractivity contribution in [3.05, 3.63) is 23.8 Å². The zero-order chi connectivity index (χ0) is 24.3. The second-order valence-corrected chi connectivity index (χ2v) is 11.4. The van der Waals surface area contributed by atoms with E-state index in [-0.39, 0.29) is 35.1 Å². The van der Waals surface area contributed by atoms with Crippen LogP contribution in [0, 0.1) is 34.0 Å². The van der Waals surface area contributed by atoms with Crippen molar-refractivity contribution in [3.8, 4) is 0 Å². The fraction of sp³-hybridized carbons (Fsp3) is 0.741.